The molecule has 2 atom stereocenters. The van der Waals surface area contributed by atoms with Gasteiger partial charge in [0.25, 0.3) is 0 Å². The van der Waals surface area contributed by atoms with E-state index in [0.717, 1.165) is 6.42 Å². The Morgan fingerprint density at radius 1 is 1.50 bits per heavy atom. The summed E-state index contributed by atoms with van der Waals surface area (Å²) in [6.45, 7) is 7.36. The number of carbonyl (C=O) groups excluding carboxylic acids is 1. The standard InChI is InChI=1S/C13H20O3/c1-4-15-8-16-12-11-6-10(14)5-9(11)7-13(12,2)3/h5,11-12H,4,6-8H2,1-3H3/t11-,12+/m1/s1. The molecule has 2 aliphatic carbocycles. The van der Waals surface area contributed by atoms with Crippen LogP contribution in [0.3, 0.4) is 0 Å². The molecule has 90 valence electrons. The van der Waals surface area contributed by atoms with Gasteiger partial charge in [-0.3, -0.25) is 4.79 Å². The van der Waals surface area contributed by atoms with Gasteiger partial charge in [0, 0.05) is 18.9 Å². The van der Waals surface area contributed by atoms with Crippen LogP contribution < -0.4 is 0 Å². The average molecular weight is 224 g/mol. The Bertz CT molecular complexity index is 317. The van der Waals surface area contributed by atoms with Crippen molar-refractivity contribution >= 4 is 5.78 Å². The van der Waals surface area contributed by atoms with Gasteiger partial charge in [-0.15, -0.1) is 0 Å². The second-order valence-electron chi connectivity index (χ2n) is 5.36. The van der Waals surface area contributed by atoms with Gasteiger partial charge in [-0.25, -0.2) is 0 Å². The zero-order valence-electron chi connectivity index (χ0n) is 10.3. The molecule has 2 rings (SSSR count). The molecule has 0 aromatic rings. The van der Waals surface area contributed by atoms with E-state index in [4.69, 9.17) is 9.47 Å². The van der Waals surface area contributed by atoms with Gasteiger partial charge < -0.3 is 9.47 Å². The molecule has 0 aliphatic heterocycles. The maximum Gasteiger partial charge on any atom is 0.156 e. The second-order valence-corrected chi connectivity index (χ2v) is 5.36. The molecule has 0 radical (unpaired) electrons. The molecule has 0 heterocycles. The van der Waals surface area contributed by atoms with Crippen LogP contribution in [0.5, 0.6) is 0 Å². The van der Waals surface area contributed by atoms with Crippen molar-refractivity contribution in [3.05, 3.63) is 11.6 Å². The first-order valence-corrected chi connectivity index (χ1v) is 5.97. The molecule has 0 unspecified atom stereocenters. The maximum absolute atomic E-state index is 11.4. The lowest BCUT2D eigenvalue weighted by molar-refractivity contribution is -0.130. The first kappa shape index (κ1) is 11.8. The van der Waals surface area contributed by atoms with Crippen LogP contribution in [0.1, 0.15) is 33.6 Å². The first-order valence-electron chi connectivity index (χ1n) is 5.97. The lowest BCUT2D eigenvalue weighted by Crippen LogP contribution is -2.32. The Balaban J connectivity index is 2.04. The fourth-order valence-corrected chi connectivity index (χ4v) is 2.92. The van der Waals surface area contributed by atoms with Crippen molar-refractivity contribution in [2.45, 2.75) is 39.7 Å². The molecule has 1 fully saturated rings. The first-order chi connectivity index (χ1) is 7.54. The number of carbonyl (C=O) groups is 1. The third kappa shape index (κ3) is 2.06. The van der Waals surface area contributed by atoms with Gasteiger partial charge in [0.1, 0.15) is 6.79 Å². The molecule has 0 spiro atoms. The van der Waals surface area contributed by atoms with Crippen LogP contribution in [-0.2, 0) is 14.3 Å². The van der Waals surface area contributed by atoms with E-state index >= 15 is 0 Å². The largest absolute Gasteiger partial charge is 0.356 e. The van der Waals surface area contributed by atoms with Crippen molar-refractivity contribution in [3.8, 4) is 0 Å². The van der Waals surface area contributed by atoms with Crippen LogP contribution in [0, 0.1) is 11.3 Å². The molecule has 3 nitrogen and oxygen atoms in total. The third-order valence-corrected chi connectivity index (χ3v) is 3.57. The van der Waals surface area contributed by atoms with Crippen LogP contribution in [0.25, 0.3) is 0 Å². The molecular weight excluding hydrogens is 204 g/mol. The van der Waals surface area contributed by atoms with Gasteiger partial charge >= 0.3 is 0 Å². The van der Waals surface area contributed by atoms with Gasteiger partial charge in [-0.1, -0.05) is 19.4 Å². The Hall–Kier alpha value is -0.670. The number of hydrogen-bond donors (Lipinski definition) is 0. The highest BCUT2D eigenvalue weighted by atomic mass is 16.7. The Labute approximate surface area is 96.8 Å². The summed E-state index contributed by atoms with van der Waals surface area (Å²) in [6, 6.07) is 0. The molecule has 0 amide bonds. The van der Waals surface area contributed by atoms with Crippen LogP contribution in [0.4, 0.5) is 0 Å². The van der Waals surface area contributed by atoms with E-state index in [1.165, 1.54) is 5.57 Å². The number of rotatable bonds is 4. The summed E-state index contributed by atoms with van der Waals surface area (Å²) in [5.74, 6) is 0.545. The maximum atomic E-state index is 11.4. The van der Waals surface area contributed by atoms with Gasteiger partial charge in [0.05, 0.1) is 6.10 Å². The molecule has 1 saturated carbocycles. The molecule has 0 aromatic carbocycles. The fraction of sp³-hybridized carbons (Fsp3) is 0.769. The van der Waals surface area contributed by atoms with Crippen LogP contribution >= 0.6 is 0 Å². The Morgan fingerprint density at radius 2 is 2.25 bits per heavy atom. The van der Waals surface area contributed by atoms with Gasteiger partial charge in [-0.2, -0.15) is 0 Å². The van der Waals surface area contributed by atoms with E-state index in [2.05, 4.69) is 13.8 Å². The number of hydrogen-bond acceptors (Lipinski definition) is 3. The molecule has 2 aliphatic rings. The lowest BCUT2D eigenvalue weighted by Gasteiger charge is -2.29. The Morgan fingerprint density at radius 3 is 2.94 bits per heavy atom. The summed E-state index contributed by atoms with van der Waals surface area (Å²) in [6.07, 6.45) is 3.53. The van der Waals surface area contributed by atoms with Crippen molar-refractivity contribution in [2.24, 2.45) is 11.3 Å². The van der Waals surface area contributed by atoms with Gasteiger partial charge in [0.2, 0.25) is 0 Å². The smallest absolute Gasteiger partial charge is 0.156 e. The van der Waals surface area contributed by atoms with Crippen LogP contribution in [-0.4, -0.2) is 25.3 Å². The highest BCUT2D eigenvalue weighted by Crippen LogP contribution is 2.50. The zero-order valence-corrected chi connectivity index (χ0v) is 10.3. The lowest BCUT2D eigenvalue weighted by atomic mass is 9.86. The normalized spacial score (nSPS) is 31.7. The number of allylic oxidation sites excluding steroid dienone is 1. The van der Waals surface area contributed by atoms with Crippen molar-refractivity contribution in [2.75, 3.05) is 13.4 Å². The number of fused-ring (bicyclic) bond motifs is 1. The minimum Gasteiger partial charge on any atom is -0.356 e. The number of ketones is 1. The summed E-state index contributed by atoms with van der Waals surface area (Å²) >= 11 is 0. The third-order valence-electron chi connectivity index (χ3n) is 3.57. The van der Waals surface area contributed by atoms with E-state index in [1.54, 1.807) is 0 Å². The summed E-state index contributed by atoms with van der Waals surface area (Å²) in [4.78, 5) is 11.4. The minimum atomic E-state index is 0.119. The predicted molar refractivity (Wildman–Crippen MR) is 61.0 cm³/mol. The van der Waals surface area contributed by atoms with E-state index in [1.807, 2.05) is 13.0 Å². The number of ether oxygens (including phenoxy) is 2. The molecule has 0 N–H and O–H groups in total. The predicted octanol–water partition coefficient (Wildman–Crippen LogP) is 2.31. The molecule has 16 heavy (non-hydrogen) atoms. The SMILES string of the molecule is CCOCO[C@H]1[C@@H]2CC(=O)C=C2CC1(C)C. The van der Waals surface area contributed by atoms with Gasteiger partial charge in [0.15, 0.2) is 5.78 Å². The molecule has 0 bridgehead atoms. The van der Waals surface area contributed by atoms with E-state index in [9.17, 15) is 4.79 Å². The second kappa shape index (κ2) is 4.30. The summed E-state index contributed by atoms with van der Waals surface area (Å²) < 4.78 is 11.0. The topological polar surface area (TPSA) is 35.5 Å². The zero-order chi connectivity index (χ0) is 11.8. The molecule has 0 saturated heterocycles. The van der Waals surface area contributed by atoms with Crippen molar-refractivity contribution in [1.82, 2.24) is 0 Å². The van der Waals surface area contributed by atoms with Crippen LogP contribution in [0.15, 0.2) is 11.6 Å². The van der Waals surface area contributed by atoms with Crippen molar-refractivity contribution in [1.29, 1.82) is 0 Å². The quantitative estimate of drug-likeness (QED) is 0.543. The summed E-state index contributed by atoms with van der Waals surface area (Å²) in [5, 5.41) is 0. The van der Waals surface area contributed by atoms with Crippen molar-refractivity contribution in [3.63, 3.8) is 0 Å². The molecule has 3 heteroatoms. The summed E-state index contributed by atoms with van der Waals surface area (Å²) in [5.41, 5.74) is 1.39. The average Bonchev–Trinajstić information content (AvgIpc) is 2.61. The monoisotopic (exact) mass is 224 g/mol. The van der Waals surface area contributed by atoms with E-state index < -0.39 is 0 Å². The Kier molecular flexibility index (Phi) is 3.17. The highest BCUT2D eigenvalue weighted by molar-refractivity contribution is 5.94. The van der Waals surface area contributed by atoms with E-state index in [0.29, 0.717) is 25.7 Å². The molecule has 0 aromatic heterocycles. The van der Waals surface area contributed by atoms with Gasteiger partial charge in [-0.05, 0) is 24.8 Å². The minimum absolute atomic E-state index is 0.119. The van der Waals surface area contributed by atoms with Crippen molar-refractivity contribution < 1.29 is 14.3 Å². The summed E-state index contributed by atoms with van der Waals surface area (Å²) in [7, 11) is 0. The highest BCUT2D eigenvalue weighted by Gasteiger charge is 2.48. The fourth-order valence-electron chi connectivity index (χ4n) is 2.92. The van der Waals surface area contributed by atoms with Crippen LogP contribution in [0.2, 0.25) is 0 Å². The van der Waals surface area contributed by atoms with E-state index in [-0.39, 0.29) is 17.3 Å². The molecular formula is C13H20O3.